The second-order valence-corrected chi connectivity index (χ2v) is 8.32. The summed E-state index contributed by atoms with van der Waals surface area (Å²) in [5.41, 5.74) is 6.68. The van der Waals surface area contributed by atoms with E-state index in [0.717, 1.165) is 10.5 Å². The Labute approximate surface area is 206 Å². The fraction of sp³-hybridized carbons (Fsp3) is 0.115. The number of benzene rings is 3. The molecule has 180 valence electrons. The molecule has 10 heteroatoms. The molecule has 9 nitrogen and oxygen atoms in total. The Balaban J connectivity index is 1.44. The third kappa shape index (κ3) is 4.56. The van der Waals surface area contributed by atoms with Crippen LogP contribution >= 0.6 is 0 Å². The van der Waals surface area contributed by atoms with Crippen molar-refractivity contribution < 1.29 is 14.0 Å². The number of nitrogens with zero attached hydrogens (tertiary/aromatic N) is 4. The van der Waals surface area contributed by atoms with Gasteiger partial charge in [0.05, 0.1) is 6.54 Å². The van der Waals surface area contributed by atoms with E-state index in [0.29, 0.717) is 11.3 Å². The minimum atomic E-state index is -1.28. The molecule has 0 bridgehead atoms. The summed E-state index contributed by atoms with van der Waals surface area (Å²) in [4.78, 5) is 40.5. The van der Waals surface area contributed by atoms with E-state index in [1.54, 1.807) is 0 Å². The Morgan fingerprint density at radius 3 is 2.25 bits per heavy atom. The number of nitrogens with two attached hydrogens (primary N) is 1. The number of rotatable bonds is 7. The molecule has 1 aromatic heterocycles. The molecule has 36 heavy (non-hydrogen) atoms. The maximum atomic E-state index is 13.8. The van der Waals surface area contributed by atoms with Crippen molar-refractivity contribution in [1.29, 1.82) is 0 Å². The van der Waals surface area contributed by atoms with Crippen LogP contribution in [0.3, 0.4) is 0 Å². The second-order valence-electron chi connectivity index (χ2n) is 8.32. The Kier molecular flexibility index (Phi) is 5.99. The van der Waals surface area contributed by atoms with Crippen molar-refractivity contribution in [2.75, 3.05) is 11.1 Å². The maximum Gasteiger partial charge on any atom is 0.325 e. The molecule has 3 amide bonds. The van der Waals surface area contributed by atoms with Gasteiger partial charge < -0.3 is 16.4 Å². The van der Waals surface area contributed by atoms with E-state index >= 15 is 0 Å². The van der Waals surface area contributed by atoms with Crippen LogP contribution in [0.25, 0.3) is 0 Å². The standard InChI is InChI=1S/C26H22FN7O2/c27-19-11-13-20(14-12-19)29-24-31-21(30-23(28)32-24)16-34-22(35)26(33-25(34)36,18-9-5-2-6-10-18)15-17-7-3-1-4-8-17/h1-14H,15-16H2,(H,33,36)(H3,28,29,30,31,32)/t26-/m0/s1. The van der Waals surface area contributed by atoms with Gasteiger partial charge in [0, 0.05) is 12.1 Å². The topological polar surface area (TPSA) is 126 Å². The molecule has 0 saturated carbocycles. The summed E-state index contributed by atoms with van der Waals surface area (Å²) in [7, 11) is 0. The molecule has 0 aliphatic carbocycles. The van der Waals surface area contributed by atoms with Crippen molar-refractivity contribution in [2.24, 2.45) is 0 Å². The van der Waals surface area contributed by atoms with E-state index in [1.165, 1.54) is 24.3 Å². The van der Waals surface area contributed by atoms with Crippen molar-refractivity contribution in [2.45, 2.75) is 18.5 Å². The van der Waals surface area contributed by atoms with E-state index in [-0.39, 0.29) is 36.5 Å². The van der Waals surface area contributed by atoms with Crippen LogP contribution in [-0.4, -0.2) is 31.8 Å². The molecule has 0 radical (unpaired) electrons. The number of urea groups is 1. The summed E-state index contributed by atoms with van der Waals surface area (Å²) in [6, 6.07) is 23.7. The maximum absolute atomic E-state index is 13.8. The number of aromatic nitrogens is 3. The van der Waals surface area contributed by atoms with Gasteiger partial charge in [0.25, 0.3) is 5.91 Å². The van der Waals surface area contributed by atoms with Gasteiger partial charge in [-0.25, -0.2) is 9.18 Å². The van der Waals surface area contributed by atoms with Gasteiger partial charge in [-0.1, -0.05) is 60.7 Å². The quantitative estimate of drug-likeness (QED) is 0.343. The summed E-state index contributed by atoms with van der Waals surface area (Å²) in [5.74, 6) is -0.661. The number of nitrogens with one attached hydrogen (secondary N) is 2. The highest BCUT2D eigenvalue weighted by Crippen LogP contribution is 2.33. The summed E-state index contributed by atoms with van der Waals surface area (Å²) < 4.78 is 13.2. The molecule has 1 saturated heterocycles. The fourth-order valence-electron chi connectivity index (χ4n) is 4.18. The number of hydrogen-bond acceptors (Lipinski definition) is 7. The molecule has 1 fully saturated rings. The molecular formula is C26H22FN7O2. The molecule has 1 atom stereocenters. The number of halogens is 1. The van der Waals surface area contributed by atoms with Crippen molar-refractivity contribution >= 4 is 29.5 Å². The zero-order valence-electron chi connectivity index (χ0n) is 19.1. The number of anilines is 3. The first-order valence-corrected chi connectivity index (χ1v) is 11.2. The molecule has 2 heterocycles. The SMILES string of the molecule is Nc1nc(CN2C(=O)N[C@@](Cc3ccccc3)(c3ccccc3)C2=O)nc(Nc2ccc(F)cc2)n1. The van der Waals surface area contributed by atoms with Crippen LogP contribution in [0.15, 0.2) is 84.9 Å². The monoisotopic (exact) mass is 483 g/mol. The van der Waals surface area contributed by atoms with Crippen LogP contribution in [0.1, 0.15) is 17.0 Å². The largest absolute Gasteiger partial charge is 0.368 e. The molecule has 1 aliphatic heterocycles. The Morgan fingerprint density at radius 1 is 0.889 bits per heavy atom. The highest BCUT2D eigenvalue weighted by Gasteiger charge is 2.52. The van der Waals surface area contributed by atoms with Gasteiger partial charge in [-0.3, -0.25) is 9.69 Å². The number of amides is 3. The summed E-state index contributed by atoms with van der Waals surface area (Å²) >= 11 is 0. The molecule has 5 rings (SSSR count). The van der Waals surface area contributed by atoms with E-state index in [9.17, 15) is 14.0 Å². The zero-order valence-corrected chi connectivity index (χ0v) is 19.1. The lowest BCUT2D eigenvalue weighted by Crippen LogP contribution is -2.46. The Hall–Kier alpha value is -4.86. The summed E-state index contributed by atoms with van der Waals surface area (Å²) in [6.07, 6.45) is 0.273. The number of hydrogen-bond donors (Lipinski definition) is 3. The van der Waals surface area contributed by atoms with E-state index in [4.69, 9.17) is 5.73 Å². The molecule has 4 N–H and O–H groups in total. The number of carbonyl (C=O) groups is 2. The van der Waals surface area contributed by atoms with Gasteiger partial charge in [0.1, 0.15) is 5.82 Å². The predicted octanol–water partition coefficient (Wildman–Crippen LogP) is 3.53. The van der Waals surface area contributed by atoms with E-state index in [2.05, 4.69) is 25.6 Å². The predicted molar refractivity (Wildman–Crippen MR) is 131 cm³/mol. The normalized spacial score (nSPS) is 17.2. The van der Waals surface area contributed by atoms with Crippen molar-refractivity contribution in [3.8, 4) is 0 Å². The molecule has 4 aromatic rings. The van der Waals surface area contributed by atoms with Gasteiger partial charge in [-0.15, -0.1) is 0 Å². The van der Waals surface area contributed by atoms with Crippen LogP contribution in [0.2, 0.25) is 0 Å². The third-order valence-corrected chi connectivity index (χ3v) is 5.85. The number of carbonyl (C=O) groups excluding carboxylic acids is 2. The summed E-state index contributed by atoms with van der Waals surface area (Å²) in [6.45, 7) is -0.209. The molecule has 0 unspecified atom stereocenters. The first-order chi connectivity index (χ1) is 17.4. The highest BCUT2D eigenvalue weighted by atomic mass is 19.1. The lowest BCUT2D eigenvalue weighted by Gasteiger charge is -2.27. The average molecular weight is 484 g/mol. The smallest absolute Gasteiger partial charge is 0.325 e. The first-order valence-electron chi connectivity index (χ1n) is 11.2. The minimum absolute atomic E-state index is 0.0877. The zero-order chi connectivity index (χ0) is 25.1. The van der Waals surface area contributed by atoms with Crippen LogP contribution in [0.4, 0.5) is 26.8 Å². The Morgan fingerprint density at radius 2 is 1.56 bits per heavy atom. The molecule has 1 aliphatic rings. The van der Waals surface area contributed by atoms with E-state index in [1.807, 2.05) is 60.7 Å². The lowest BCUT2D eigenvalue weighted by molar-refractivity contribution is -0.132. The summed E-state index contributed by atoms with van der Waals surface area (Å²) in [5, 5.41) is 5.83. The van der Waals surface area contributed by atoms with Gasteiger partial charge >= 0.3 is 6.03 Å². The van der Waals surface area contributed by atoms with Crippen LogP contribution in [0.5, 0.6) is 0 Å². The van der Waals surface area contributed by atoms with Crippen LogP contribution in [-0.2, 0) is 23.3 Å². The van der Waals surface area contributed by atoms with Gasteiger partial charge in [-0.2, -0.15) is 15.0 Å². The van der Waals surface area contributed by atoms with E-state index < -0.39 is 17.5 Å². The fourth-order valence-corrected chi connectivity index (χ4v) is 4.18. The molecule has 0 spiro atoms. The van der Waals surface area contributed by atoms with Crippen molar-refractivity contribution in [1.82, 2.24) is 25.2 Å². The first kappa shape index (κ1) is 22.9. The number of nitrogen functional groups attached to an aromatic ring is 1. The van der Waals surface area contributed by atoms with Crippen LogP contribution < -0.4 is 16.4 Å². The van der Waals surface area contributed by atoms with Gasteiger partial charge in [0.15, 0.2) is 11.4 Å². The molecule has 3 aromatic carbocycles. The van der Waals surface area contributed by atoms with Crippen LogP contribution in [0, 0.1) is 5.82 Å². The van der Waals surface area contributed by atoms with Gasteiger partial charge in [-0.05, 0) is 35.4 Å². The number of imide groups is 1. The Bertz CT molecular complexity index is 1400. The minimum Gasteiger partial charge on any atom is -0.368 e. The lowest BCUT2D eigenvalue weighted by atomic mass is 9.83. The second kappa shape index (κ2) is 9.41. The van der Waals surface area contributed by atoms with Gasteiger partial charge in [0.2, 0.25) is 11.9 Å². The average Bonchev–Trinajstić information content (AvgIpc) is 3.11. The van der Waals surface area contributed by atoms with Crippen molar-refractivity contribution in [3.05, 3.63) is 108 Å². The molecular weight excluding hydrogens is 461 g/mol. The highest BCUT2D eigenvalue weighted by molar-refractivity contribution is 6.07. The third-order valence-electron chi connectivity index (χ3n) is 5.85. The van der Waals surface area contributed by atoms with Crippen molar-refractivity contribution in [3.63, 3.8) is 0 Å².